The molecule has 1 saturated heterocycles. The van der Waals surface area contributed by atoms with Crippen LogP contribution in [-0.2, 0) is 14.9 Å². The molecule has 1 aromatic rings. The number of thioether (sulfide) groups is 1. The predicted octanol–water partition coefficient (Wildman–Crippen LogP) is 1.68. The smallest absolute Gasteiger partial charge is 0.266 e. The van der Waals surface area contributed by atoms with Gasteiger partial charge in [0, 0.05) is 12.6 Å². The van der Waals surface area contributed by atoms with E-state index in [-0.39, 0.29) is 10.9 Å². The number of carbonyl (C=O) groups excluding carboxylic acids is 1. The molecule has 0 atom stereocenters. The van der Waals surface area contributed by atoms with E-state index in [1.54, 1.807) is 25.1 Å². The van der Waals surface area contributed by atoms with Crippen LogP contribution < -0.4 is 0 Å². The summed E-state index contributed by atoms with van der Waals surface area (Å²) in [6, 6.07) is 3.49. The Bertz CT molecular complexity index is 689. The molecule has 9 heteroatoms. The monoisotopic (exact) mass is 333 g/mol. The maximum Gasteiger partial charge on any atom is 0.266 e. The maximum absolute atomic E-state index is 12.1. The van der Waals surface area contributed by atoms with E-state index < -0.39 is 21.8 Å². The maximum atomic E-state index is 12.1. The fraction of sp³-hybridized carbons (Fsp3) is 0.273. The minimum atomic E-state index is -4.13. The molecule has 0 aromatic carbocycles. The molecular weight excluding hydrogens is 322 g/mol. The zero-order valence-corrected chi connectivity index (χ0v) is 12.8. The highest BCUT2D eigenvalue weighted by atomic mass is 32.2. The summed E-state index contributed by atoms with van der Waals surface area (Å²) in [7, 11) is -4.13. The lowest BCUT2D eigenvalue weighted by atomic mass is 10.3. The summed E-state index contributed by atoms with van der Waals surface area (Å²) >= 11 is 6.09. The van der Waals surface area contributed by atoms with Gasteiger partial charge in [-0.05, 0) is 19.1 Å². The standard InChI is InChI=1S/C11H11NO5S3/c1-7-2-3-8(17-7)6-9-10(13)12(11(18)19-9)4-5-20(14,15)16/h2-3,6H,4-5H2,1H3,(H,14,15,16)/b9-6+. The Morgan fingerprint density at radius 2 is 2.20 bits per heavy atom. The van der Waals surface area contributed by atoms with Crippen molar-refractivity contribution in [3.63, 3.8) is 0 Å². The molecule has 2 heterocycles. The topological polar surface area (TPSA) is 87.8 Å². The second-order valence-electron chi connectivity index (χ2n) is 4.07. The predicted molar refractivity (Wildman–Crippen MR) is 79.7 cm³/mol. The van der Waals surface area contributed by atoms with Crippen LogP contribution in [0.3, 0.4) is 0 Å². The molecule has 0 radical (unpaired) electrons. The largest absolute Gasteiger partial charge is 0.462 e. The van der Waals surface area contributed by atoms with Gasteiger partial charge in [-0.3, -0.25) is 14.2 Å². The number of aryl methyl sites for hydroxylation is 1. The van der Waals surface area contributed by atoms with Crippen LogP contribution in [0.25, 0.3) is 6.08 Å². The Balaban J connectivity index is 2.14. The average Bonchev–Trinajstić information content (AvgIpc) is 2.82. The molecule has 20 heavy (non-hydrogen) atoms. The van der Waals surface area contributed by atoms with Crippen LogP contribution in [0.1, 0.15) is 11.5 Å². The number of hydrogen-bond acceptors (Lipinski definition) is 6. The highest BCUT2D eigenvalue weighted by molar-refractivity contribution is 8.26. The number of carbonyl (C=O) groups is 1. The SMILES string of the molecule is Cc1ccc(/C=C2/SC(=S)N(CCS(=O)(=O)O)C2=O)o1. The van der Waals surface area contributed by atoms with Crippen LogP contribution in [0.4, 0.5) is 0 Å². The second-order valence-corrected chi connectivity index (χ2v) is 7.32. The Morgan fingerprint density at radius 1 is 1.50 bits per heavy atom. The van der Waals surface area contributed by atoms with Crippen LogP contribution in [0.15, 0.2) is 21.5 Å². The molecule has 6 nitrogen and oxygen atoms in total. The van der Waals surface area contributed by atoms with Crippen molar-refractivity contribution >= 4 is 50.4 Å². The van der Waals surface area contributed by atoms with E-state index in [2.05, 4.69) is 0 Å². The summed E-state index contributed by atoms with van der Waals surface area (Å²) in [5.74, 6) is 0.306. The lowest BCUT2D eigenvalue weighted by Gasteiger charge is -2.12. The molecule has 2 rings (SSSR count). The van der Waals surface area contributed by atoms with E-state index in [1.807, 2.05) is 0 Å². The first-order valence-electron chi connectivity index (χ1n) is 5.53. The van der Waals surface area contributed by atoms with Gasteiger partial charge in [0.1, 0.15) is 15.8 Å². The van der Waals surface area contributed by atoms with Crippen molar-refractivity contribution in [2.45, 2.75) is 6.92 Å². The van der Waals surface area contributed by atoms with Crippen molar-refractivity contribution in [1.82, 2.24) is 4.90 Å². The first-order valence-corrected chi connectivity index (χ1v) is 8.36. The summed E-state index contributed by atoms with van der Waals surface area (Å²) in [5.41, 5.74) is 0. The fourth-order valence-corrected chi connectivity index (χ4v) is 3.26. The Hall–Kier alpha value is -1.16. The number of hydrogen-bond donors (Lipinski definition) is 1. The molecular formula is C11H11NO5S3. The third-order valence-electron chi connectivity index (χ3n) is 2.48. The highest BCUT2D eigenvalue weighted by Gasteiger charge is 2.32. The first kappa shape index (κ1) is 15.2. The lowest BCUT2D eigenvalue weighted by molar-refractivity contribution is -0.121. The number of amides is 1. The van der Waals surface area contributed by atoms with Crippen LogP contribution in [-0.4, -0.2) is 40.4 Å². The molecule has 1 fully saturated rings. The fourth-order valence-electron chi connectivity index (χ4n) is 1.56. The van der Waals surface area contributed by atoms with Gasteiger partial charge in [0.25, 0.3) is 16.0 Å². The zero-order chi connectivity index (χ0) is 14.9. The van der Waals surface area contributed by atoms with Gasteiger partial charge in [-0.25, -0.2) is 0 Å². The molecule has 0 saturated carbocycles. The van der Waals surface area contributed by atoms with Crippen molar-refractivity contribution in [2.75, 3.05) is 12.3 Å². The van der Waals surface area contributed by atoms with Gasteiger partial charge in [0.05, 0.1) is 10.7 Å². The van der Waals surface area contributed by atoms with Gasteiger partial charge in [-0.15, -0.1) is 0 Å². The van der Waals surface area contributed by atoms with Gasteiger partial charge in [-0.1, -0.05) is 24.0 Å². The lowest BCUT2D eigenvalue weighted by Crippen LogP contribution is -2.32. The summed E-state index contributed by atoms with van der Waals surface area (Å²) in [6.45, 7) is 1.62. The molecule has 1 aliphatic rings. The van der Waals surface area contributed by atoms with E-state index in [4.69, 9.17) is 21.2 Å². The minimum absolute atomic E-state index is 0.169. The Labute approximate surface area is 125 Å². The van der Waals surface area contributed by atoms with Crippen molar-refractivity contribution < 1.29 is 22.2 Å². The van der Waals surface area contributed by atoms with Crippen LogP contribution in [0.5, 0.6) is 0 Å². The van der Waals surface area contributed by atoms with Crippen LogP contribution in [0, 0.1) is 6.92 Å². The summed E-state index contributed by atoms with van der Waals surface area (Å²) in [6.07, 6.45) is 1.56. The normalized spacial score (nSPS) is 18.3. The van der Waals surface area contributed by atoms with Crippen molar-refractivity contribution in [3.05, 3.63) is 28.6 Å². The number of furan rings is 1. The molecule has 0 bridgehead atoms. The van der Waals surface area contributed by atoms with E-state index in [0.717, 1.165) is 22.4 Å². The molecule has 1 amide bonds. The van der Waals surface area contributed by atoms with Crippen molar-refractivity contribution in [3.8, 4) is 0 Å². The van der Waals surface area contributed by atoms with Crippen LogP contribution >= 0.6 is 24.0 Å². The van der Waals surface area contributed by atoms with Gasteiger partial charge in [0.15, 0.2) is 0 Å². The van der Waals surface area contributed by atoms with E-state index in [0.29, 0.717) is 10.7 Å². The Morgan fingerprint density at radius 3 is 2.75 bits per heavy atom. The van der Waals surface area contributed by atoms with Gasteiger partial charge < -0.3 is 4.42 Å². The summed E-state index contributed by atoms with van der Waals surface area (Å²) in [5, 5.41) is 0. The quantitative estimate of drug-likeness (QED) is 0.509. The first-order chi connectivity index (χ1) is 9.26. The van der Waals surface area contributed by atoms with Crippen LogP contribution in [0.2, 0.25) is 0 Å². The third-order valence-corrected chi connectivity index (χ3v) is 4.56. The van der Waals surface area contributed by atoms with Gasteiger partial charge in [-0.2, -0.15) is 8.42 Å². The number of nitrogens with zero attached hydrogens (tertiary/aromatic N) is 1. The van der Waals surface area contributed by atoms with Crippen molar-refractivity contribution in [1.29, 1.82) is 0 Å². The summed E-state index contributed by atoms with van der Waals surface area (Å²) in [4.78, 5) is 13.6. The Kier molecular flexibility index (Phi) is 4.33. The minimum Gasteiger partial charge on any atom is -0.462 e. The molecule has 1 aliphatic heterocycles. The van der Waals surface area contributed by atoms with E-state index in [9.17, 15) is 13.2 Å². The third kappa shape index (κ3) is 3.69. The zero-order valence-electron chi connectivity index (χ0n) is 10.4. The van der Waals surface area contributed by atoms with E-state index in [1.165, 1.54) is 0 Å². The summed E-state index contributed by atoms with van der Waals surface area (Å²) < 4.78 is 35.7. The van der Waals surface area contributed by atoms with Crippen molar-refractivity contribution in [2.24, 2.45) is 0 Å². The average molecular weight is 333 g/mol. The molecule has 0 unspecified atom stereocenters. The highest BCUT2D eigenvalue weighted by Crippen LogP contribution is 2.32. The molecule has 108 valence electrons. The number of thiocarbonyl (C=S) groups is 1. The second kappa shape index (κ2) is 5.68. The van der Waals surface area contributed by atoms with Gasteiger partial charge in [0.2, 0.25) is 0 Å². The molecule has 1 aromatic heterocycles. The molecule has 0 aliphatic carbocycles. The molecule has 1 N–H and O–H groups in total. The van der Waals surface area contributed by atoms with E-state index >= 15 is 0 Å². The number of rotatable bonds is 4. The molecule has 0 spiro atoms. The van der Waals surface area contributed by atoms with Gasteiger partial charge >= 0.3 is 0 Å².